The highest BCUT2D eigenvalue weighted by atomic mass is 79.9. The Morgan fingerprint density at radius 1 is 1.24 bits per heavy atom. The molecular formula is C18H14BrCl2N3O. The molecule has 1 aliphatic heterocycles. The number of fused-ring (bicyclic) bond motifs is 2. The SMILES string of the molecule is CC1c2cc(Cl)c(Cl)cc2CCN1C(=O)c1cc2ccc(Br)cn2n1. The summed E-state index contributed by atoms with van der Waals surface area (Å²) in [6.07, 6.45) is 2.59. The molecule has 1 aromatic carbocycles. The van der Waals surface area contributed by atoms with Crippen molar-refractivity contribution in [3.8, 4) is 0 Å². The molecule has 0 fully saturated rings. The molecule has 4 rings (SSSR count). The van der Waals surface area contributed by atoms with Crippen molar-refractivity contribution in [1.82, 2.24) is 14.5 Å². The Morgan fingerprint density at radius 3 is 2.80 bits per heavy atom. The molecule has 3 aromatic rings. The lowest BCUT2D eigenvalue weighted by molar-refractivity contribution is 0.0671. The van der Waals surface area contributed by atoms with Gasteiger partial charge in [-0.3, -0.25) is 4.79 Å². The van der Waals surface area contributed by atoms with Gasteiger partial charge < -0.3 is 4.90 Å². The van der Waals surface area contributed by atoms with Crippen LogP contribution in [0.3, 0.4) is 0 Å². The van der Waals surface area contributed by atoms with Crippen molar-refractivity contribution in [2.45, 2.75) is 19.4 Å². The van der Waals surface area contributed by atoms with E-state index in [0.717, 1.165) is 27.5 Å². The van der Waals surface area contributed by atoms with Gasteiger partial charge in [0.05, 0.1) is 21.6 Å². The molecule has 0 aliphatic carbocycles. The Hall–Kier alpha value is -1.56. The Labute approximate surface area is 163 Å². The van der Waals surface area contributed by atoms with Crippen molar-refractivity contribution < 1.29 is 4.79 Å². The number of hydrogen-bond donors (Lipinski definition) is 0. The fourth-order valence-electron chi connectivity index (χ4n) is 3.30. The van der Waals surface area contributed by atoms with Crippen LogP contribution in [0.2, 0.25) is 10.0 Å². The smallest absolute Gasteiger partial charge is 0.274 e. The largest absolute Gasteiger partial charge is 0.330 e. The second kappa shape index (κ2) is 6.31. The maximum Gasteiger partial charge on any atom is 0.274 e. The summed E-state index contributed by atoms with van der Waals surface area (Å²) in [6.45, 7) is 2.63. The molecule has 2 aromatic heterocycles. The van der Waals surface area contributed by atoms with Gasteiger partial charge in [-0.2, -0.15) is 5.10 Å². The lowest BCUT2D eigenvalue weighted by Crippen LogP contribution is -2.39. The van der Waals surface area contributed by atoms with Gasteiger partial charge in [-0.05, 0) is 70.7 Å². The third-order valence-electron chi connectivity index (χ3n) is 4.63. The molecule has 0 saturated heterocycles. The summed E-state index contributed by atoms with van der Waals surface area (Å²) in [5, 5.41) is 5.49. The summed E-state index contributed by atoms with van der Waals surface area (Å²) in [5.74, 6) is -0.0796. The van der Waals surface area contributed by atoms with Gasteiger partial charge in [0, 0.05) is 17.2 Å². The Balaban J connectivity index is 1.68. The topological polar surface area (TPSA) is 37.6 Å². The summed E-state index contributed by atoms with van der Waals surface area (Å²) < 4.78 is 2.62. The number of benzene rings is 1. The standard InChI is InChI=1S/C18H14BrCl2N3O/c1-10-14-8-16(21)15(20)6-11(14)4-5-23(10)18(25)17-7-13-3-2-12(19)9-24(13)22-17/h2-3,6-10H,4-5H2,1H3. The molecular weight excluding hydrogens is 425 g/mol. The zero-order valence-electron chi connectivity index (χ0n) is 13.3. The summed E-state index contributed by atoms with van der Waals surface area (Å²) in [4.78, 5) is 14.8. The van der Waals surface area contributed by atoms with Crippen molar-refractivity contribution in [1.29, 1.82) is 0 Å². The third kappa shape index (κ3) is 2.94. The highest BCUT2D eigenvalue weighted by Crippen LogP contribution is 2.35. The first-order valence-electron chi connectivity index (χ1n) is 7.88. The van der Waals surface area contributed by atoms with E-state index in [4.69, 9.17) is 23.2 Å². The van der Waals surface area contributed by atoms with Crippen LogP contribution in [-0.2, 0) is 6.42 Å². The van der Waals surface area contributed by atoms with E-state index in [1.165, 1.54) is 0 Å². The van der Waals surface area contributed by atoms with E-state index < -0.39 is 0 Å². The molecule has 0 N–H and O–H groups in total. The summed E-state index contributed by atoms with van der Waals surface area (Å²) in [5.41, 5.74) is 3.50. The zero-order valence-corrected chi connectivity index (χ0v) is 16.4. The van der Waals surface area contributed by atoms with E-state index in [9.17, 15) is 4.79 Å². The molecule has 7 heteroatoms. The van der Waals surface area contributed by atoms with Gasteiger partial charge in [-0.15, -0.1) is 0 Å². The normalized spacial score (nSPS) is 17.0. The first-order valence-corrected chi connectivity index (χ1v) is 9.42. The first kappa shape index (κ1) is 16.9. The van der Waals surface area contributed by atoms with Crippen LogP contribution in [0.1, 0.15) is 34.6 Å². The minimum absolute atomic E-state index is 0.0796. The lowest BCUT2D eigenvalue weighted by atomic mass is 9.93. The minimum Gasteiger partial charge on any atom is -0.330 e. The summed E-state index contributed by atoms with van der Waals surface area (Å²) >= 11 is 15.7. The minimum atomic E-state index is -0.0810. The van der Waals surface area contributed by atoms with Crippen LogP contribution in [0, 0.1) is 0 Å². The highest BCUT2D eigenvalue weighted by molar-refractivity contribution is 9.10. The molecule has 4 nitrogen and oxygen atoms in total. The third-order valence-corrected chi connectivity index (χ3v) is 5.82. The molecule has 1 unspecified atom stereocenters. The van der Waals surface area contributed by atoms with Crippen LogP contribution in [0.15, 0.2) is 41.0 Å². The molecule has 128 valence electrons. The van der Waals surface area contributed by atoms with Gasteiger partial charge in [0.15, 0.2) is 5.69 Å². The quantitative estimate of drug-likeness (QED) is 0.526. The molecule has 0 bridgehead atoms. The predicted octanol–water partition coefficient (Wildman–Crippen LogP) is 5.16. The van der Waals surface area contributed by atoms with Crippen LogP contribution in [-0.4, -0.2) is 27.0 Å². The number of amides is 1. The van der Waals surface area contributed by atoms with Crippen molar-refractivity contribution >= 4 is 50.6 Å². The van der Waals surface area contributed by atoms with Crippen molar-refractivity contribution in [3.05, 3.63) is 67.9 Å². The number of pyridine rings is 1. The fourth-order valence-corrected chi connectivity index (χ4v) is 3.99. The van der Waals surface area contributed by atoms with Crippen LogP contribution in [0.4, 0.5) is 0 Å². The van der Waals surface area contributed by atoms with E-state index in [-0.39, 0.29) is 11.9 Å². The van der Waals surface area contributed by atoms with Crippen LogP contribution < -0.4 is 0 Å². The van der Waals surface area contributed by atoms with Gasteiger partial charge in [0.25, 0.3) is 5.91 Å². The van der Waals surface area contributed by atoms with Crippen LogP contribution in [0.25, 0.3) is 5.52 Å². The van der Waals surface area contributed by atoms with E-state index >= 15 is 0 Å². The van der Waals surface area contributed by atoms with Gasteiger partial charge in [0.2, 0.25) is 0 Å². The molecule has 0 saturated carbocycles. The first-order chi connectivity index (χ1) is 11.9. The summed E-state index contributed by atoms with van der Waals surface area (Å²) in [7, 11) is 0. The van der Waals surface area contributed by atoms with E-state index in [1.807, 2.05) is 48.4 Å². The average molecular weight is 439 g/mol. The van der Waals surface area contributed by atoms with Crippen molar-refractivity contribution in [3.63, 3.8) is 0 Å². The Bertz CT molecular complexity index is 1000. The van der Waals surface area contributed by atoms with E-state index in [0.29, 0.717) is 22.3 Å². The monoisotopic (exact) mass is 437 g/mol. The molecule has 25 heavy (non-hydrogen) atoms. The molecule has 1 aliphatic rings. The molecule has 3 heterocycles. The number of halogens is 3. The van der Waals surface area contributed by atoms with Gasteiger partial charge in [0.1, 0.15) is 0 Å². The van der Waals surface area contributed by atoms with Gasteiger partial charge in [-0.1, -0.05) is 23.2 Å². The average Bonchev–Trinajstić information content (AvgIpc) is 2.99. The number of hydrogen-bond acceptors (Lipinski definition) is 2. The number of carbonyl (C=O) groups excluding carboxylic acids is 1. The molecule has 1 atom stereocenters. The Kier molecular flexibility index (Phi) is 4.26. The zero-order chi connectivity index (χ0) is 17.7. The fraction of sp³-hybridized carbons (Fsp3) is 0.222. The van der Waals surface area contributed by atoms with Crippen LogP contribution in [0.5, 0.6) is 0 Å². The van der Waals surface area contributed by atoms with Crippen LogP contribution >= 0.6 is 39.1 Å². The number of nitrogens with zero attached hydrogens (tertiary/aromatic N) is 3. The second-order valence-corrected chi connectivity index (χ2v) is 7.87. The number of carbonyl (C=O) groups is 1. The maximum absolute atomic E-state index is 13.0. The van der Waals surface area contributed by atoms with Gasteiger partial charge >= 0.3 is 0 Å². The highest BCUT2D eigenvalue weighted by Gasteiger charge is 2.30. The Morgan fingerprint density at radius 2 is 2.00 bits per heavy atom. The summed E-state index contributed by atoms with van der Waals surface area (Å²) in [6, 6.07) is 9.35. The van der Waals surface area contributed by atoms with Crippen molar-refractivity contribution in [2.75, 3.05) is 6.54 Å². The lowest BCUT2D eigenvalue weighted by Gasteiger charge is -2.35. The number of rotatable bonds is 1. The second-order valence-electron chi connectivity index (χ2n) is 6.14. The van der Waals surface area contributed by atoms with E-state index in [2.05, 4.69) is 21.0 Å². The number of aromatic nitrogens is 2. The predicted molar refractivity (Wildman–Crippen MR) is 103 cm³/mol. The maximum atomic E-state index is 13.0. The molecule has 0 spiro atoms. The van der Waals surface area contributed by atoms with E-state index in [1.54, 1.807) is 4.52 Å². The van der Waals surface area contributed by atoms with Crippen molar-refractivity contribution in [2.24, 2.45) is 0 Å². The molecule has 1 amide bonds. The molecule has 0 radical (unpaired) electrons. The van der Waals surface area contributed by atoms with Gasteiger partial charge in [-0.25, -0.2) is 4.52 Å².